The van der Waals surface area contributed by atoms with Crippen LogP contribution in [0.5, 0.6) is 5.75 Å². The molecule has 0 spiro atoms. The average molecular weight is 534 g/mol. The van der Waals surface area contributed by atoms with Gasteiger partial charge in [0, 0.05) is 10.9 Å². The molecule has 4 amide bonds. The second-order valence-corrected chi connectivity index (χ2v) is 9.68. The highest BCUT2D eigenvalue weighted by atomic mass is 16.5. The quantitative estimate of drug-likeness (QED) is 0.298. The van der Waals surface area contributed by atoms with Crippen LogP contribution in [0.15, 0.2) is 66.7 Å². The van der Waals surface area contributed by atoms with Gasteiger partial charge in [0.05, 0.1) is 18.9 Å². The lowest BCUT2D eigenvalue weighted by Crippen LogP contribution is -2.69. The van der Waals surface area contributed by atoms with Crippen molar-refractivity contribution in [3.05, 3.63) is 72.3 Å². The van der Waals surface area contributed by atoms with E-state index in [1.165, 1.54) is 38.3 Å². The topological polar surface area (TPSA) is 134 Å². The van der Waals surface area contributed by atoms with E-state index in [9.17, 15) is 24.3 Å². The standard InChI is InChI=1S/C29H31N3O7/c1-16(2)24(28(36)38-4)31-25(34)19-12-14-20(15-13-19)39-27-23(17(3)33)26(35)32(27)29(37)30-22-11-7-9-18-8-5-6-10-21(18)22/h5-17,23-24,27,33H,1-4H3,(H,30,37)(H,31,34)/t17-,23-,24+,27+/m1/s1. The number of ether oxygens (including phenoxy) is 2. The Morgan fingerprint density at radius 2 is 1.62 bits per heavy atom. The summed E-state index contributed by atoms with van der Waals surface area (Å²) in [5.41, 5.74) is 0.811. The lowest BCUT2D eigenvalue weighted by atomic mass is 9.91. The number of β-lactam (4-membered cyclic amide) rings is 1. The van der Waals surface area contributed by atoms with E-state index in [1.807, 2.05) is 30.3 Å². The molecule has 1 aliphatic rings. The minimum Gasteiger partial charge on any atom is -0.469 e. The monoisotopic (exact) mass is 533 g/mol. The summed E-state index contributed by atoms with van der Waals surface area (Å²) in [5.74, 6) is -2.42. The van der Waals surface area contributed by atoms with Gasteiger partial charge in [-0.25, -0.2) is 14.5 Å². The molecular weight excluding hydrogens is 502 g/mol. The number of hydrogen-bond acceptors (Lipinski definition) is 7. The molecule has 10 nitrogen and oxygen atoms in total. The second-order valence-electron chi connectivity index (χ2n) is 9.68. The van der Waals surface area contributed by atoms with Crippen molar-refractivity contribution in [3.8, 4) is 5.75 Å². The van der Waals surface area contributed by atoms with Crippen molar-refractivity contribution in [1.82, 2.24) is 10.2 Å². The number of nitrogens with one attached hydrogen (secondary N) is 2. The van der Waals surface area contributed by atoms with E-state index in [2.05, 4.69) is 10.6 Å². The Balaban J connectivity index is 1.48. The van der Waals surface area contributed by atoms with Crippen LogP contribution in [0.25, 0.3) is 10.8 Å². The van der Waals surface area contributed by atoms with Gasteiger partial charge in [0.1, 0.15) is 17.7 Å². The number of imide groups is 1. The van der Waals surface area contributed by atoms with E-state index in [1.54, 1.807) is 26.0 Å². The number of nitrogens with zero attached hydrogens (tertiary/aromatic N) is 1. The number of urea groups is 1. The fraction of sp³-hybridized carbons (Fsp3) is 0.310. The summed E-state index contributed by atoms with van der Waals surface area (Å²) in [4.78, 5) is 51.5. The van der Waals surface area contributed by atoms with E-state index in [4.69, 9.17) is 9.47 Å². The number of likely N-dealkylation sites (tertiary alicyclic amines) is 1. The van der Waals surface area contributed by atoms with Gasteiger partial charge in [0.2, 0.25) is 5.91 Å². The van der Waals surface area contributed by atoms with Crippen LogP contribution in [0.4, 0.5) is 10.5 Å². The molecule has 0 unspecified atom stereocenters. The molecule has 1 saturated heterocycles. The number of esters is 1. The van der Waals surface area contributed by atoms with Gasteiger partial charge < -0.3 is 25.2 Å². The molecule has 3 aromatic rings. The molecule has 4 rings (SSSR count). The van der Waals surface area contributed by atoms with Crippen LogP contribution in [0, 0.1) is 11.8 Å². The fourth-order valence-corrected chi connectivity index (χ4v) is 4.46. The van der Waals surface area contributed by atoms with Gasteiger partial charge >= 0.3 is 12.0 Å². The number of benzene rings is 3. The van der Waals surface area contributed by atoms with E-state index >= 15 is 0 Å². The van der Waals surface area contributed by atoms with E-state index in [-0.39, 0.29) is 17.2 Å². The molecule has 39 heavy (non-hydrogen) atoms. The van der Waals surface area contributed by atoms with E-state index in [0.29, 0.717) is 5.69 Å². The molecule has 3 N–H and O–H groups in total. The number of aliphatic hydroxyl groups is 1. The molecule has 1 aliphatic heterocycles. The zero-order valence-electron chi connectivity index (χ0n) is 22.1. The predicted molar refractivity (Wildman–Crippen MR) is 144 cm³/mol. The summed E-state index contributed by atoms with van der Waals surface area (Å²) in [6.45, 7) is 5.04. The molecule has 0 radical (unpaired) electrons. The third-order valence-corrected chi connectivity index (χ3v) is 6.64. The minimum atomic E-state index is -1.06. The van der Waals surface area contributed by atoms with Crippen molar-refractivity contribution in [1.29, 1.82) is 0 Å². The minimum absolute atomic E-state index is 0.177. The molecule has 0 bridgehead atoms. The summed E-state index contributed by atoms with van der Waals surface area (Å²) in [6, 6.07) is 17.5. The van der Waals surface area contributed by atoms with E-state index < -0.39 is 48.1 Å². The normalized spacial score (nSPS) is 18.2. The number of anilines is 1. The molecular formula is C29H31N3O7. The van der Waals surface area contributed by atoms with Gasteiger partial charge in [-0.15, -0.1) is 0 Å². The number of aliphatic hydroxyl groups excluding tert-OH is 1. The summed E-state index contributed by atoms with van der Waals surface area (Å²) < 4.78 is 10.7. The Morgan fingerprint density at radius 3 is 2.26 bits per heavy atom. The molecule has 3 aromatic carbocycles. The maximum absolute atomic E-state index is 13.1. The molecule has 0 saturated carbocycles. The average Bonchev–Trinajstić information content (AvgIpc) is 2.91. The van der Waals surface area contributed by atoms with Gasteiger partial charge in [0.25, 0.3) is 5.91 Å². The van der Waals surface area contributed by atoms with Gasteiger partial charge in [0.15, 0.2) is 6.23 Å². The highest BCUT2D eigenvalue weighted by Crippen LogP contribution is 2.33. The van der Waals surface area contributed by atoms with Gasteiger partial charge in [-0.1, -0.05) is 50.2 Å². The summed E-state index contributed by atoms with van der Waals surface area (Å²) in [6.07, 6.45) is -2.11. The van der Waals surface area contributed by atoms with Gasteiger partial charge in [-0.05, 0) is 48.6 Å². The van der Waals surface area contributed by atoms with Crippen molar-refractivity contribution in [2.24, 2.45) is 11.8 Å². The van der Waals surface area contributed by atoms with E-state index in [0.717, 1.165) is 15.7 Å². The van der Waals surface area contributed by atoms with Crippen LogP contribution in [0.1, 0.15) is 31.1 Å². The zero-order valence-corrected chi connectivity index (χ0v) is 22.1. The number of methoxy groups -OCH3 is 1. The van der Waals surface area contributed by atoms with Crippen LogP contribution in [-0.4, -0.2) is 59.3 Å². The Hall–Kier alpha value is -4.44. The molecule has 1 fully saturated rings. The fourth-order valence-electron chi connectivity index (χ4n) is 4.46. The predicted octanol–water partition coefficient (Wildman–Crippen LogP) is 3.54. The third kappa shape index (κ3) is 5.70. The molecule has 10 heteroatoms. The lowest BCUT2D eigenvalue weighted by molar-refractivity contribution is -0.176. The lowest BCUT2D eigenvalue weighted by Gasteiger charge is -2.45. The van der Waals surface area contributed by atoms with Crippen LogP contribution < -0.4 is 15.4 Å². The van der Waals surface area contributed by atoms with Crippen molar-refractivity contribution >= 4 is 40.3 Å². The maximum atomic E-state index is 13.1. The van der Waals surface area contributed by atoms with Gasteiger partial charge in [-0.2, -0.15) is 0 Å². The number of carbonyl (C=O) groups is 4. The number of hydrogen-bond donors (Lipinski definition) is 3. The zero-order chi connectivity index (χ0) is 28.3. The van der Waals surface area contributed by atoms with Crippen molar-refractivity contribution < 1.29 is 33.8 Å². The van der Waals surface area contributed by atoms with Crippen LogP contribution in [0.3, 0.4) is 0 Å². The number of fused-ring (bicyclic) bond motifs is 1. The SMILES string of the molecule is COC(=O)[C@@H](NC(=O)c1ccc(O[C@H]2[C@H]([C@@H](C)O)C(=O)N2C(=O)Nc2cccc3ccccc23)cc1)C(C)C. The summed E-state index contributed by atoms with van der Waals surface area (Å²) in [7, 11) is 1.26. The third-order valence-electron chi connectivity index (χ3n) is 6.64. The highest BCUT2D eigenvalue weighted by Gasteiger charge is 2.55. The molecule has 0 aromatic heterocycles. The molecule has 204 valence electrons. The Kier molecular flexibility index (Phi) is 8.15. The van der Waals surface area contributed by atoms with Crippen molar-refractivity contribution in [2.45, 2.75) is 39.1 Å². The Morgan fingerprint density at radius 1 is 0.949 bits per heavy atom. The molecule has 1 heterocycles. The summed E-state index contributed by atoms with van der Waals surface area (Å²) in [5, 5.41) is 17.4. The molecule has 4 atom stereocenters. The van der Waals surface area contributed by atoms with Crippen LogP contribution >= 0.6 is 0 Å². The first-order chi connectivity index (χ1) is 18.6. The molecule has 0 aliphatic carbocycles. The largest absolute Gasteiger partial charge is 0.469 e. The number of carbonyl (C=O) groups excluding carboxylic acids is 4. The van der Waals surface area contributed by atoms with Crippen molar-refractivity contribution in [3.63, 3.8) is 0 Å². The number of amides is 4. The summed E-state index contributed by atoms with van der Waals surface area (Å²) >= 11 is 0. The van der Waals surface area contributed by atoms with Crippen LogP contribution in [-0.2, 0) is 14.3 Å². The van der Waals surface area contributed by atoms with Crippen molar-refractivity contribution in [2.75, 3.05) is 12.4 Å². The van der Waals surface area contributed by atoms with Crippen LogP contribution in [0.2, 0.25) is 0 Å². The Bertz CT molecular complexity index is 1380. The smallest absolute Gasteiger partial charge is 0.331 e. The highest BCUT2D eigenvalue weighted by molar-refractivity contribution is 6.09. The Labute approximate surface area is 225 Å². The maximum Gasteiger partial charge on any atom is 0.331 e. The first kappa shape index (κ1) is 27.6. The number of rotatable bonds is 8. The second kappa shape index (κ2) is 11.5. The first-order valence-corrected chi connectivity index (χ1v) is 12.6. The first-order valence-electron chi connectivity index (χ1n) is 12.6. The van der Waals surface area contributed by atoms with Gasteiger partial charge in [-0.3, -0.25) is 9.59 Å².